The molecule has 1 fully saturated rings. The van der Waals surface area contributed by atoms with Crippen molar-refractivity contribution in [2.45, 2.75) is 18.5 Å². The molecule has 2 aliphatic rings. The average Bonchev–Trinajstić information content (AvgIpc) is 3.42. The van der Waals surface area contributed by atoms with Crippen molar-refractivity contribution in [3.63, 3.8) is 0 Å². The number of benzene rings is 1. The largest absolute Gasteiger partial charge is 0.489 e. The van der Waals surface area contributed by atoms with Crippen molar-refractivity contribution in [3.8, 4) is 5.75 Å². The molecule has 30 heavy (non-hydrogen) atoms. The van der Waals surface area contributed by atoms with Gasteiger partial charge in [-0.25, -0.2) is 0 Å². The van der Waals surface area contributed by atoms with Gasteiger partial charge in [0.2, 0.25) is 0 Å². The summed E-state index contributed by atoms with van der Waals surface area (Å²) in [5.41, 5.74) is 1.71. The Kier molecular flexibility index (Phi) is 4.59. The van der Waals surface area contributed by atoms with E-state index in [4.69, 9.17) is 9.47 Å². The first kappa shape index (κ1) is 18.6. The Morgan fingerprint density at radius 1 is 1.23 bits per heavy atom. The number of para-hydroxylation sites is 2. The van der Waals surface area contributed by atoms with Crippen molar-refractivity contribution < 1.29 is 19.1 Å². The lowest BCUT2D eigenvalue weighted by molar-refractivity contribution is -0.120. The van der Waals surface area contributed by atoms with Gasteiger partial charge >= 0.3 is 0 Å². The topological polar surface area (TPSA) is 98.6 Å². The zero-order valence-corrected chi connectivity index (χ0v) is 16.4. The molecule has 1 N–H and O–H groups in total. The van der Waals surface area contributed by atoms with Crippen LogP contribution in [0.25, 0.3) is 10.9 Å². The molecule has 3 aromatic rings. The summed E-state index contributed by atoms with van der Waals surface area (Å²) in [4.78, 5) is 31.5. The molecule has 5 rings (SSSR count). The van der Waals surface area contributed by atoms with Gasteiger partial charge < -0.3 is 19.7 Å². The number of pyridine rings is 1. The monoisotopic (exact) mass is 407 g/mol. The quantitative estimate of drug-likeness (QED) is 0.707. The molecule has 2 amide bonds. The zero-order chi connectivity index (χ0) is 20.7. The van der Waals surface area contributed by atoms with E-state index >= 15 is 0 Å². The van der Waals surface area contributed by atoms with Crippen molar-refractivity contribution in [2.24, 2.45) is 0 Å². The third-order valence-electron chi connectivity index (χ3n) is 5.53. The number of carbonyl (C=O) groups excluding carboxylic acids is 2. The number of nitrogens with one attached hydrogen (secondary N) is 1. The number of carbonyl (C=O) groups is 2. The highest BCUT2D eigenvalue weighted by atomic mass is 16.5. The molecular weight excluding hydrogens is 386 g/mol. The van der Waals surface area contributed by atoms with E-state index in [9.17, 15) is 9.59 Å². The zero-order valence-electron chi connectivity index (χ0n) is 16.4. The number of fused-ring (bicyclic) bond motifs is 2. The standard InChI is InChI=1S/C21H21N5O4/c1-25-17-4-2-3-5-19(17)30-12-16(21(25)28)24-20(27)15-8-18-13(9-22-15)10-23-26(18)14-6-7-29-11-14/h2-5,8-10,14,16H,6-7,11-12H2,1H3,(H,24,27)/t14?,16-/m0/s1. The number of likely N-dealkylation sites (N-methyl/N-ethyl adjacent to an activating group) is 1. The van der Waals surface area contributed by atoms with Crippen LogP contribution in [0.4, 0.5) is 5.69 Å². The van der Waals surface area contributed by atoms with Gasteiger partial charge in [0.05, 0.1) is 30.0 Å². The Balaban J connectivity index is 1.38. The van der Waals surface area contributed by atoms with E-state index in [2.05, 4.69) is 15.4 Å². The van der Waals surface area contributed by atoms with Crippen LogP contribution in [0.5, 0.6) is 5.75 Å². The van der Waals surface area contributed by atoms with E-state index in [1.54, 1.807) is 37.6 Å². The summed E-state index contributed by atoms with van der Waals surface area (Å²) in [7, 11) is 1.67. The molecule has 0 radical (unpaired) electrons. The minimum Gasteiger partial charge on any atom is -0.489 e. The van der Waals surface area contributed by atoms with Gasteiger partial charge in [0, 0.05) is 25.2 Å². The first-order valence-corrected chi connectivity index (χ1v) is 9.83. The van der Waals surface area contributed by atoms with Gasteiger partial charge in [-0.1, -0.05) is 12.1 Å². The maximum atomic E-state index is 12.9. The fraction of sp³-hybridized carbons (Fsp3) is 0.333. The van der Waals surface area contributed by atoms with E-state index in [1.807, 2.05) is 16.8 Å². The fourth-order valence-electron chi connectivity index (χ4n) is 3.86. The summed E-state index contributed by atoms with van der Waals surface area (Å²) in [6, 6.07) is 8.31. The summed E-state index contributed by atoms with van der Waals surface area (Å²) in [6.45, 7) is 1.34. The SMILES string of the molecule is CN1C(=O)[C@@H](NC(=O)c2cc3c(cn2)cnn3C2CCOC2)COc2ccccc21. The lowest BCUT2D eigenvalue weighted by Crippen LogP contribution is -2.49. The van der Waals surface area contributed by atoms with Gasteiger partial charge in [0.15, 0.2) is 0 Å². The third kappa shape index (κ3) is 3.17. The fourth-order valence-corrected chi connectivity index (χ4v) is 3.86. The molecule has 0 bridgehead atoms. The summed E-state index contributed by atoms with van der Waals surface area (Å²) in [5.74, 6) is -0.0801. The minimum absolute atomic E-state index is 0.0471. The van der Waals surface area contributed by atoms with E-state index < -0.39 is 11.9 Å². The second-order valence-electron chi connectivity index (χ2n) is 7.44. The number of amides is 2. The Morgan fingerprint density at radius 2 is 2.10 bits per heavy atom. The molecule has 4 heterocycles. The smallest absolute Gasteiger partial charge is 0.270 e. The molecule has 0 spiro atoms. The van der Waals surface area contributed by atoms with Crippen molar-refractivity contribution in [1.82, 2.24) is 20.1 Å². The van der Waals surface area contributed by atoms with Crippen LogP contribution in [0.1, 0.15) is 23.0 Å². The molecule has 0 saturated carbocycles. The molecule has 1 aromatic carbocycles. The van der Waals surface area contributed by atoms with E-state index in [-0.39, 0.29) is 24.2 Å². The molecule has 9 heteroatoms. The minimum atomic E-state index is -0.819. The maximum absolute atomic E-state index is 12.9. The molecule has 2 aliphatic heterocycles. The third-order valence-corrected chi connectivity index (χ3v) is 5.53. The van der Waals surface area contributed by atoms with Crippen molar-refractivity contribution >= 4 is 28.4 Å². The summed E-state index contributed by atoms with van der Waals surface area (Å²) >= 11 is 0. The Bertz CT molecular complexity index is 1120. The summed E-state index contributed by atoms with van der Waals surface area (Å²) in [6.07, 6.45) is 4.23. The van der Waals surface area contributed by atoms with Gasteiger partial charge in [-0.15, -0.1) is 0 Å². The average molecular weight is 407 g/mol. The number of hydrogen-bond donors (Lipinski definition) is 1. The first-order valence-electron chi connectivity index (χ1n) is 9.83. The Labute approximate surface area is 172 Å². The molecule has 2 atom stereocenters. The normalized spacial score (nSPS) is 21.2. The predicted octanol–water partition coefficient (Wildman–Crippen LogP) is 1.55. The highest BCUT2D eigenvalue weighted by Gasteiger charge is 2.31. The van der Waals surface area contributed by atoms with E-state index in [0.717, 1.165) is 17.3 Å². The number of nitrogens with zero attached hydrogens (tertiary/aromatic N) is 4. The second kappa shape index (κ2) is 7.42. The van der Waals surface area contributed by atoms with Crippen LogP contribution < -0.4 is 15.0 Å². The highest BCUT2D eigenvalue weighted by Crippen LogP contribution is 2.30. The maximum Gasteiger partial charge on any atom is 0.270 e. The first-order chi connectivity index (χ1) is 14.6. The molecule has 9 nitrogen and oxygen atoms in total. The van der Waals surface area contributed by atoms with Crippen LogP contribution in [-0.2, 0) is 9.53 Å². The highest BCUT2D eigenvalue weighted by molar-refractivity contribution is 6.03. The van der Waals surface area contributed by atoms with Crippen LogP contribution in [0, 0.1) is 0 Å². The Morgan fingerprint density at radius 3 is 2.93 bits per heavy atom. The molecular formula is C21H21N5O4. The Hall–Kier alpha value is -3.46. The number of aromatic nitrogens is 3. The molecule has 154 valence electrons. The van der Waals surface area contributed by atoms with E-state index in [1.165, 1.54) is 4.90 Å². The van der Waals surface area contributed by atoms with Crippen molar-refractivity contribution in [3.05, 3.63) is 48.4 Å². The van der Waals surface area contributed by atoms with Crippen LogP contribution in [-0.4, -0.2) is 59.5 Å². The van der Waals surface area contributed by atoms with Crippen LogP contribution >= 0.6 is 0 Å². The van der Waals surface area contributed by atoms with Gasteiger partial charge in [0.1, 0.15) is 24.1 Å². The van der Waals surface area contributed by atoms with Crippen LogP contribution in [0.15, 0.2) is 42.7 Å². The van der Waals surface area contributed by atoms with Crippen LogP contribution in [0.3, 0.4) is 0 Å². The molecule has 1 unspecified atom stereocenters. The van der Waals surface area contributed by atoms with Gasteiger partial charge in [-0.3, -0.25) is 19.3 Å². The number of hydrogen-bond acceptors (Lipinski definition) is 6. The number of rotatable bonds is 3. The van der Waals surface area contributed by atoms with Gasteiger partial charge in [-0.2, -0.15) is 5.10 Å². The second-order valence-corrected chi connectivity index (χ2v) is 7.44. The molecule has 0 aliphatic carbocycles. The lowest BCUT2D eigenvalue weighted by Gasteiger charge is -2.20. The summed E-state index contributed by atoms with van der Waals surface area (Å²) < 4.78 is 13.1. The van der Waals surface area contributed by atoms with Crippen molar-refractivity contribution in [1.29, 1.82) is 0 Å². The van der Waals surface area contributed by atoms with Gasteiger partial charge in [0.25, 0.3) is 11.8 Å². The van der Waals surface area contributed by atoms with Gasteiger partial charge in [-0.05, 0) is 24.6 Å². The van der Waals surface area contributed by atoms with Crippen LogP contribution in [0.2, 0.25) is 0 Å². The lowest BCUT2D eigenvalue weighted by atomic mass is 10.2. The van der Waals surface area contributed by atoms with Crippen molar-refractivity contribution in [2.75, 3.05) is 31.8 Å². The summed E-state index contributed by atoms with van der Waals surface area (Å²) in [5, 5.41) is 8.05. The molecule has 2 aromatic heterocycles. The predicted molar refractivity (Wildman–Crippen MR) is 109 cm³/mol. The number of anilines is 1. The molecule has 1 saturated heterocycles. The van der Waals surface area contributed by atoms with E-state index in [0.29, 0.717) is 24.7 Å². The number of ether oxygens (including phenoxy) is 2.